The van der Waals surface area contributed by atoms with E-state index in [9.17, 15) is 0 Å². The number of hydrogen-bond acceptors (Lipinski definition) is 2. The van der Waals surface area contributed by atoms with Crippen molar-refractivity contribution in [2.24, 2.45) is 0 Å². The predicted molar refractivity (Wildman–Crippen MR) is 68.6 cm³/mol. The lowest BCUT2D eigenvalue weighted by Gasteiger charge is -2.05. The third-order valence-corrected chi connectivity index (χ3v) is 3.31. The smallest absolute Gasteiger partial charge is 0.130 e. The highest BCUT2D eigenvalue weighted by molar-refractivity contribution is 6.31. The summed E-state index contributed by atoms with van der Waals surface area (Å²) in [7, 11) is 0. The Hall–Kier alpha value is -1.03. The fourth-order valence-electron chi connectivity index (χ4n) is 1.60. The van der Waals surface area contributed by atoms with E-state index in [2.05, 4.69) is 5.10 Å². The molecule has 1 aromatic heterocycles. The molecule has 2 aromatic rings. The summed E-state index contributed by atoms with van der Waals surface area (Å²) in [4.78, 5) is 0. The Balaban J connectivity index is 2.22. The first kappa shape index (κ1) is 12.4. The van der Waals surface area contributed by atoms with Crippen molar-refractivity contribution in [2.45, 2.75) is 13.0 Å². The van der Waals surface area contributed by atoms with Crippen molar-refractivity contribution in [1.29, 1.82) is 0 Å². The minimum Gasteiger partial charge on any atom is -0.396 e. The van der Waals surface area contributed by atoms with Crippen LogP contribution in [0.2, 0.25) is 10.2 Å². The van der Waals surface area contributed by atoms with Gasteiger partial charge in [0.1, 0.15) is 5.15 Å². The van der Waals surface area contributed by atoms with E-state index in [4.69, 9.17) is 28.3 Å². The quantitative estimate of drug-likeness (QED) is 0.928. The number of aromatic nitrogens is 2. The predicted octanol–water partition coefficient (Wildman–Crippen LogP) is 2.77. The number of aliphatic hydroxyl groups excluding tert-OH is 1. The largest absolute Gasteiger partial charge is 0.396 e. The summed E-state index contributed by atoms with van der Waals surface area (Å²) in [5.74, 6) is 0. The lowest BCUT2D eigenvalue weighted by atomic mass is 10.2. The molecule has 0 radical (unpaired) electrons. The molecule has 1 N–H and O–H groups in total. The van der Waals surface area contributed by atoms with Crippen LogP contribution in [0.25, 0.3) is 0 Å². The maximum absolute atomic E-state index is 8.87. The minimum atomic E-state index is 0.0670. The van der Waals surface area contributed by atoms with E-state index in [1.54, 1.807) is 10.9 Å². The molecule has 1 aromatic carbocycles. The molecular formula is C12H12Cl2N2O. The van der Waals surface area contributed by atoms with Crippen LogP contribution in [0.4, 0.5) is 0 Å². The number of hydrogen-bond donors (Lipinski definition) is 1. The van der Waals surface area contributed by atoms with Gasteiger partial charge in [0, 0.05) is 23.6 Å². The van der Waals surface area contributed by atoms with Crippen molar-refractivity contribution in [2.75, 3.05) is 6.61 Å². The molecule has 0 atom stereocenters. The number of aliphatic hydroxyl groups is 1. The molecule has 0 saturated heterocycles. The molecule has 0 unspecified atom stereocenters. The molecule has 0 aliphatic rings. The zero-order chi connectivity index (χ0) is 12.3. The molecule has 0 saturated carbocycles. The first-order chi connectivity index (χ1) is 8.22. The Labute approximate surface area is 110 Å². The molecule has 17 heavy (non-hydrogen) atoms. The molecule has 3 nitrogen and oxygen atoms in total. The van der Waals surface area contributed by atoms with Crippen LogP contribution in [-0.4, -0.2) is 21.5 Å². The van der Waals surface area contributed by atoms with E-state index in [0.717, 1.165) is 11.1 Å². The standard InChI is InChI=1S/C12H12Cl2N2O/c13-11-4-2-1-3-10(11)8-16-12(14)9(5-6-17)7-15-16/h1-4,7,17H,5-6,8H2. The van der Waals surface area contributed by atoms with Crippen molar-refractivity contribution in [3.05, 3.63) is 51.8 Å². The zero-order valence-electron chi connectivity index (χ0n) is 9.11. The van der Waals surface area contributed by atoms with E-state index in [-0.39, 0.29) is 6.61 Å². The van der Waals surface area contributed by atoms with Gasteiger partial charge in [0.25, 0.3) is 0 Å². The number of nitrogens with zero attached hydrogens (tertiary/aromatic N) is 2. The lowest BCUT2D eigenvalue weighted by Crippen LogP contribution is -2.02. The van der Waals surface area contributed by atoms with Gasteiger partial charge in [-0.2, -0.15) is 5.10 Å². The summed E-state index contributed by atoms with van der Waals surface area (Å²) in [6, 6.07) is 7.58. The fourth-order valence-corrected chi connectivity index (χ4v) is 2.04. The van der Waals surface area contributed by atoms with Crippen molar-refractivity contribution in [1.82, 2.24) is 9.78 Å². The molecule has 0 aliphatic heterocycles. The second-order valence-electron chi connectivity index (χ2n) is 3.68. The maximum atomic E-state index is 8.87. The summed E-state index contributed by atoms with van der Waals surface area (Å²) in [5.41, 5.74) is 1.82. The summed E-state index contributed by atoms with van der Waals surface area (Å²) >= 11 is 12.2. The van der Waals surface area contributed by atoms with E-state index >= 15 is 0 Å². The molecule has 0 bridgehead atoms. The average Bonchev–Trinajstić information content (AvgIpc) is 2.65. The van der Waals surface area contributed by atoms with Crippen LogP contribution in [0.1, 0.15) is 11.1 Å². The third-order valence-electron chi connectivity index (χ3n) is 2.50. The molecule has 0 aliphatic carbocycles. The maximum Gasteiger partial charge on any atom is 0.130 e. The normalized spacial score (nSPS) is 10.8. The van der Waals surface area contributed by atoms with Gasteiger partial charge in [0.15, 0.2) is 0 Å². The molecule has 0 fully saturated rings. The second kappa shape index (κ2) is 5.54. The lowest BCUT2D eigenvalue weighted by molar-refractivity contribution is 0.299. The Morgan fingerprint density at radius 1 is 1.18 bits per heavy atom. The second-order valence-corrected chi connectivity index (χ2v) is 4.45. The van der Waals surface area contributed by atoms with Crippen LogP contribution in [0.5, 0.6) is 0 Å². The van der Waals surface area contributed by atoms with Gasteiger partial charge in [-0.3, -0.25) is 0 Å². The van der Waals surface area contributed by atoms with Gasteiger partial charge in [-0.05, 0) is 11.6 Å². The Bertz CT molecular complexity index is 511. The van der Waals surface area contributed by atoms with Crippen LogP contribution in [-0.2, 0) is 13.0 Å². The van der Waals surface area contributed by atoms with Crippen molar-refractivity contribution < 1.29 is 5.11 Å². The molecule has 1 heterocycles. The highest BCUT2D eigenvalue weighted by atomic mass is 35.5. The molecule has 90 valence electrons. The summed E-state index contributed by atoms with van der Waals surface area (Å²) in [6.45, 7) is 0.599. The van der Waals surface area contributed by atoms with Gasteiger partial charge in [0.2, 0.25) is 0 Å². The average molecular weight is 271 g/mol. The number of rotatable bonds is 4. The van der Waals surface area contributed by atoms with Gasteiger partial charge in [0.05, 0.1) is 12.7 Å². The first-order valence-electron chi connectivity index (χ1n) is 5.27. The fraction of sp³-hybridized carbons (Fsp3) is 0.250. The Kier molecular flexibility index (Phi) is 4.05. The zero-order valence-corrected chi connectivity index (χ0v) is 10.6. The first-order valence-corrected chi connectivity index (χ1v) is 6.02. The van der Waals surface area contributed by atoms with Gasteiger partial charge >= 0.3 is 0 Å². The van der Waals surface area contributed by atoms with Crippen LogP contribution >= 0.6 is 23.2 Å². The third kappa shape index (κ3) is 2.80. The van der Waals surface area contributed by atoms with Crippen LogP contribution < -0.4 is 0 Å². The Morgan fingerprint density at radius 2 is 1.94 bits per heavy atom. The van der Waals surface area contributed by atoms with E-state index in [1.807, 2.05) is 24.3 Å². The molecule has 0 amide bonds. The van der Waals surface area contributed by atoms with Crippen LogP contribution in [0.15, 0.2) is 30.5 Å². The van der Waals surface area contributed by atoms with Crippen molar-refractivity contribution in [3.8, 4) is 0 Å². The van der Waals surface area contributed by atoms with E-state index < -0.39 is 0 Å². The Morgan fingerprint density at radius 3 is 2.65 bits per heavy atom. The molecular weight excluding hydrogens is 259 g/mol. The molecule has 0 spiro atoms. The van der Waals surface area contributed by atoms with E-state index in [1.165, 1.54) is 0 Å². The topological polar surface area (TPSA) is 38.1 Å². The van der Waals surface area contributed by atoms with Gasteiger partial charge in [-0.15, -0.1) is 0 Å². The van der Waals surface area contributed by atoms with Crippen molar-refractivity contribution in [3.63, 3.8) is 0 Å². The molecule has 5 heteroatoms. The van der Waals surface area contributed by atoms with Crippen molar-refractivity contribution >= 4 is 23.2 Å². The SMILES string of the molecule is OCCc1cnn(Cc2ccccc2Cl)c1Cl. The van der Waals surface area contributed by atoms with Gasteiger partial charge < -0.3 is 5.11 Å². The summed E-state index contributed by atoms with van der Waals surface area (Å²) in [6.07, 6.45) is 2.19. The van der Waals surface area contributed by atoms with Crippen LogP contribution in [0.3, 0.4) is 0 Å². The highest BCUT2D eigenvalue weighted by Crippen LogP contribution is 2.20. The summed E-state index contributed by atoms with van der Waals surface area (Å²) < 4.78 is 1.67. The number of halogens is 2. The highest BCUT2D eigenvalue weighted by Gasteiger charge is 2.09. The monoisotopic (exact) mass is 270 g/mol. The summed E-state index contributed by atoms with van der Waals surface area (Å²) in [5, 5.41) is 14.3. The van der Waals surface area contributed by atoms with E-state index in [0.29, 0.717) is 23.1 Å². The minimum absolute atomic E-state index is 0.0670. The van der Waals surface area contributed by atoms with Crippen LogP contribution in [0, 0.1) is 0 Å². The van der Waals surface area contributed by atoms with Gasteiger partial charge in [-0.25, -0.2) is 4.68 Å². The molecule has 2 rings (SSSR count). The number of benzene rings is 1. The van der Waals surface area contributed by atoms with Gasteiger partial charge in [-0.1, -0.05) is 41.4 Å².